The lowest BCUT2D eigenvalue weighted by Gasteiger charge is -2.45. The maximum Gasteiger partial charge on any atom is 0.0365 e. The highest BCUT2D eigenvalue weighted by Crippen LogP contribution is 2.59. The van der Waals surface area contributed by atoms with Crippen molar-refractivity contribution in [2.45, 2.75) is 25.9 Å². The summed E-state index contributed by atoms with van der Waals surface area (Å²) in [5.41, 5.74) is 2.78. The molecule has 5 aromatic rings. The van der Waals surface area contributed by atoms with Crippen molar-refractivity contribution in [3.8, 4) is 0 Å². The van der Waals surface area contributed by atoms with E-state index in [0.717, 1.165) is 0 Å². The molecule has 1 saturated carbocycles. The molecule has 1 aliphatic rings. The smallest absolute Gasteiger partial charge is 0.0365 e. The van der Waals surface area contributed by atoms with Crippen LogP contribution in [-0.4, -0.2) is 10.7 Å². The Hall–Kier alpha value is -3.08. The fourth-order valence-corrected chi connectivity index (χ4v) is 11.1. The SMILES string of the molecule is C[C@H](c1ccccc1)N([C@@H](C)[C]1[CH][CH][CH][C]1P(c1ccccc1)c1ccccc1)P(c1ccccc1)c1ccccc1. The molecule has 5 aromatic carbocycles. The molecule has 6 rings (SSSR count). The Bertz CT molecular complexity index is 1420. The summed E-state index contributed by atoms with van der Waals surface area (Å²) in [6, 6.07) is 55.7. The van der Waals surface area contributed by atoms with Crippen LogP contribution in [0.4, 0.5) is 0 Å². The summed E-state index contributed by atoms with van der Waals surface area (Å²) in [4.78, 5) is 0. The molecule has 0 unspecified atom stereocenters. The third-order valence-corrected chi connectivity index (χ3v) is 13.1. The van der Waals surface area contributed by atoms with E-state index in [1.807, 2.05) is 0 Å². The van der Waals surface area contributed by atoms with E-state index in [4.69, 9.17) is 0 Å². The minimum Gasteiger partial charge on any atom is -0.264 e. The van der Waals surface area contributed by atoms with Gasteiger partial charge in [-0.25, -0.2) is 0 Å². The second-order valence-corrected chi connectivity index (χ2v) is 14.8. The maximum atomic E-state index is 2.79. The molecule has 0 aromatic heterocycles. The maximum absolute atomic E-state index is 2.79. The van der Waals surface area contributed by atoms with Gasteiger partial charge in [-0.3, -0.25) is 4.67 Å². The lowest BCUT2D eigenvalue weighted by Crippen LogP contribution is -2.41. The molecule has 1 nitrogen and oxygen atoms in total. The molecule has 0 amide bonds. The largest absolute Gasteiger partial charge is 0.264 e. The van der Waals surface area contributed by atoms with Gasteiger partial charge in [-0.1, -0.05) is 152 Å². The highest BCUT2D eigenvalue weighted by atomic mass is 31.1. The van der Waals surface area contributed by atoms with Crippen LogP contribution < -0.4 is 21.2 Å². The number of hydrogen-bond donors (Lipinski definition) is 0. The fraction of sp³-hybridized carbons (Fsp3) is 0.103. The molecule has 0 aliphatic heterocycles. The van der Waals surface area contributed by atoms with E-state index in [1.54, 1.807) is 0 Å². The first-order valence-corrected chi connectivity index (χ1v) is 17.2. The zero-order valence-corrected chi connectivity index (χ0v) is 26.0. The van der Waals surface area contributed by atoms with Gasteiger partial charge in [-0.2, -0.15) is 0 Å². The summed E-state index contributed by atoms with van der Waals surface area (Å²) in [6.45, 7) is 4.80. The van der Waals surface area contributed by atoms with Gasteiger partial charge >= 0.3 is 0 Å². The van der Waals surface area contributed by atoms with E-state index in [9.17, 15) is 0 Å². The molecule has 42 heavy (non-hydrogen) atoms. The normalized spacial score (nSPS) is 15.8. The molecular formula is C39H36NP2. The van der Waals surface area contributed by atoms with Crippen LogP contribution in [0.5, 0.6) is 0 Å². The topological polar surface area (TPSA) is 3.24 Å². The first-order valence-electron chi connectivity index (χ1n) is 14.6. The van der Waals surface area contributed by atoms with Crippen LogP contribution >= 0.6 is 16.0 Å². The van der Waals surface area contributed by atoms with Gasteiger partial charge in [0.1, 0.15) is 0 Å². The zero-order valence-electron chi connectivity index (χ0n) is 24.2. The van der Waals surface area contributed by atoms with Gasteiger partial charge in [0.15, 0.2) is 0 Å². The summed E-state index contributed by atoms with van der Waals surface area (Å²) in [5, 5.41) is 5.51. The minimum absolute atomic E-state index is 0.175. The van der Waals surface area contributed by atoms with Crippen LogP contribution in [0.15, 0.2) is 152 Å². The van der Waals surface area contributed by atoms with Crippen LogP contribution in [0, 0.1) is 30.8 Å². The predicted octanol–water partition coefficient (Wildman–Crippen LogP) is 8.35. The fourth-order valence-electron chi connectivity index (χ4n) is 5.83. The standard InChI is InChI=1S/C39H36NP2/c1-31(33-19-8-3-9-20-33)40(42(36-25-14-6-15-26-36)37-27-16-7-17-28-37)32(2)38-29-18-30-39(38)41(34-21-10-4-11-22-34)35-23-12-5-13-24-35/h3-32H,1-2H3/t31-,32+/m1/s1. The molecular weight excluding hydrogens is 544 g/mol. The van der Waals surface area contributed by atoms with Crippen molar-refractivity contribution in [3.63, 3.8) is 0 Å². The van der Waals surface area contributed by atoms with Crippen molar-refractivity contribution in [3.05, 3.63) is 188 Å². The molecule has 0 saturated heterocycles. The van der Waals surface area contributed by atoms with Crippen LogP contribution in [0.1, 0.15) is 25.5 Å². The summed E-state index contributed by atoms with van der Waals surface area (Å²) < 4.78 is 2.79. The Morgan fingerprint density at radius 1 is 0.452 bits per heavy atom. The van der Waals surface area contributed by atoms with Crippen LogP contribution in [0.3, 0.4) is 0 Å². The summed E-state index contributed by atoms with van der Waals surface area (Å²) in [5.74, 6) is 1.41. The molecule has 5 radical (unpaired) electrons. The third-order valence-electron chi connectivity index (χ3n) is 7.85. The van der Waals surface area contributed by atoms with Crippen molar-refractivity contribution in [2.75, 3.05) is 0 Å². The first-order chi connectivity index (χ1) is 20.7. The highest BCUT2D eigenvalue weighted by Gasteiger charge is 2.44. The van der Waals surface area contributed by atoms with E-state index in [0.29, 0.717) is 0 Å². The monoisotopic (exact) mass is 580 g/mol. The van der Waals surface area contributed by atoms with Crippen molar-refractivity contribution in [1.82, 2.24) is 4.67 Å². The summed E-state index contributed by atoms with van der Waals surface area (Å²) in [6.07, 6.45) is 7.01. The minimum atomic E-state index is -0.821. The quantitative estimate of drug-likeness (QED) is 0.150. The van der Waals surface area contributed by atoms with Crippen LogP contribution in [0.2, 0.25) is 0 Å². The highest BCUT2D eigenvalue weighted by molar-refractivity contribution is 7.76. The molecule has 0 bridgehead atoms. The third kappa shape index (κ3) is 6.31. The number of nitrogens with zero attached hydrogens (tertiary/aromatic N) is 1. The molecule has 2 atom stereocenters. The van der Waals surface area contributed by atoms with E-state index in [1.165, 1.54) is 38.4 Å². The lowest BCUT2D eigenvalue weighted by atomic mass is 9.97. The average Bonchev–Trinajstić information content (AvgIpc) is 3.55. The Kier molecular flexibility index (Phi) is 9.62. The van der Waals surface area contributed by atoms with Crippen molar-refractivity contribution in [1.29, 1.82) is 0 Å². The number of rotatable bonds is 10. The molecule has 207 valence electrons. The van der Waals surface area contributed by atoms with Crippen molar-refractivity contribution in [2.24, 2.45) is 0 Å². The summed E-state index contributed by atoms with van der Waals surface area (Å²) in [7, 11) is -1.53. The molecule has 1 aliphatic carbocycles. The van der Waals surface area contributed by atoms with E-state index >= 15 is 0 Å². The van der Waals surface area contributed by atoms with Crippen molar-refractivity contribution < 1.29 is 0 Å². The molecule has 3 heteroatoms. The second-order valence-electron chi connectivity index (χ2n) is 10.5. The van der Waals surface area contributed by atoms with Gasteiger partial charge in [0.25, 0.3) is 0 Å². The lowest BCUT2D eigenvalue weighted by molar-refractivity contribution is 0.314. The first kappa shape index (κ1) is 29.0. The van der Waals surface area contributed by atoms with E-state index in [-0.39, 0.29) is 12.1 Å². The number of benzene rings is 5. The van der Waals surface area contributed by atoms with E-state index < -0.39 is 16.0 Å². The van der Waals surface area contributed by atoms with Crippen LogP contribution in [-0.2, 0) is 0 Å². The number of hydrogen-bond acceptors (Lipinski definition) is 1. The van der Waals surface area contributed by atoms with Crippen LogP contribution in [0.25, 0.3) is 0 Å². The van der Waals surface area contributed by atoms with Gasteiger partial charge in [0.05, 0.1) is 0 Å². The Morgan fingerprint density at radius 2 is 0.857 bits per heavy atom. The van der Waals surface area contributed by atoms with Gasteiger partial charge in [0.2, 0.25) is 0 Å². The van der Waals surface area contributed by atoms with Gasteiger partial charge in [0, 0.05) is 31.7 Å². The zero-order chi connectivity index (χ0) is 28.7. The molecule has 0 spiro atoms. The van der Waals surface area contributed by atoms with Gasteiger partial charge in [-0.05, 0) is 67.8 Å². The molecule has 0 N–H and O–H groups in total. The Labute approximate surface area is 255 Å². The Balaban J connectivity index is 1.46. The van der Waals surface area contributed by atoms with Gasteiger partial charge in [-0.15, -0.1) is 0 Å². The second kappa shape index (κ2) is 13.9. The van der Waals surface area contributed by atoms with Crippen molar-refractivity contribution >= 4 is 37.2 Å². The molecule has 1 fully saturated rings. The molecule has 0 heterocycles. The average molecular weight is 581 g/mol. The Morgan fingerprint density at radius 3 is 1.31 bits per heavy atom. The van der Waals surface area contributed by atoms with E-state index in [2.05, 4.69) is 189 Å². The summed E-state index contributed by atoms with van der Waals surface area (Å²) >= 11 is 0. The van der Waals surface area contributed by atoms with Gasteiger partial charge < -0.3 is 0 Å². The predicted molar refractivity (Wildman–Crippen MR) is 184 cm³/mol.